The minimum absolute atomic E-state index is 0.0515. The van der Waals surface area contributed by atoms with Crippen LogP contribution in [0, 0.1) is 17.8 Å². The molecule has 2 amide bonds. The number of esters is 1. The molecule has 8 heteroatoms. The van der Waals surface area contributed by atoms with E-state index in [4.69, 9.17) is 4.74 Å². The fourth-order valence-electron chi connectivity index (χ4n) is 7.98. The molecule has 41 heavy (non-hydrogen) atoms. The van der Waals surface area contributed by atoms with Gasteiger partial charge in [0, 0.05) is 17.8 Å². The SMILES string of the molecule is C=CCCOC(=O)[C@@H]1[C@H]2C(=O)N([C@@H](CO)Cc3ccccc3)C(C(=O)N(CC=C)C3CCCCC3)C23S[C@@H]1CC3C. The van der Waals surface area contributed by atoms with Crippen molar-refractivity contribution < 1.29 is 24.2 Å². The number of nitrogens with zero attached hydrogens (tertiary/aromatic N) is 2. The van der Waals surface area contributed by atoms with Crippen LogP contribution in [0.5, 0.6) is 0 Å². The number of carbonyl (C=O) groups is 3. The second-order valence-corrected chi connectivity index (χ2v) is 13.7. The fraction of sp³-hybridized carbons (Fsp3) is 0.606. The van der Waals surface area contributed by atoms with Gasteiger partial charge < -0.3 is 19.6 Å². The molecule has 222 valence electrons. The van der Waals surface area contributed by atoms with E-state index in [0.29, 0.717) is 19.4 Å². The van der Waals surface area contributed by atoms with Crippen LogP contribution >= 0.6 is 11.8 Å². The lowest BCUT2D eigenvalue weighted by Gasteiger charge is -2.44. The Hall–Kier alpha value is -2.58. The number of benzene rings is 1. The summed E-state index contributed by atoms with van der Waals surface area (Å²) in [5.74, 6) is -1.84. The zero-order chi connectivity index (χ0) is 29.1. The minimum Gasteiger partial charge on any atom is -0.465 e. The lowest BCUT2D eigenvalue weighted by molar-refractivity contribution is -0.155. The standard InChI is InChI=1S/C33H44N2O5S/c1-4-6-18-40-32(39)27-26-19-22(3)33(41-26)28(27)30(37)35(25(21-36)20-23-13-9-7-10-14-23)29(33)31(38)34(17-5-2)24-15-11-8-12-16-24/h4-5,7,9-10,13-14,22,24-29,36H,1-2,6,8,11-12,15-21H2,3H3/t22?,25-,26-,27+,28+,29?,33?/m1/s1. The number of carbonyl (C=O) groups excluding carboxylic acids is 3. The minimum atomic E-state index is -0.765. The number of rotatable bonds is 12. The third-order valence-corrected chi connectivity index (χ3v) is 11.9. The summed E-state index contributed by atoms with van der Waals surface area (Å²) in [7, 11) is 0. The van der Waals surface area contributed by atoms with Gasteiger partial charge in [-0.1, -0.05) is 68.7 Å². The van der Waals surface area contributed by atoms with E-state index in [0.717, 1.165) is 37.7 Å². The molecule has 5 rings (SSSR count). The predicted molar refractivity (Wildman–Crippen MR) is 161 cm³/mol. The molecule has 1 N–H and O–H groups in total. The zero-order valence-corrected chi connectivity index (χ0v) is 25.0. The molecule has 1 spiro atoms. The summed E-state index contributed by atoms with van der Waals surface area (Å²) in [6, 6.07) is 8.53. The largest absolute Gasteiger partial charge is 0.465 e. The second-order valence-electron chi connectivity index (χ2n) is 12.1. The van der Waals surface area contributed by atoms with Crippen molar-refractivity contribution in [3.63, 3.8) is 0 Å². The van der Waals surface area contributed by atoms with Crippen molar-refractivity contribution in [3.05, 3.63) is 61.2 Å². The average molecular weight is 581 g/mol. The number of amides is 2. The zero-order valence-electron chi connectivity index (χ0n) is 24.2. The molecule has 0 radical (unpaired) electrons. The smallest absolute Gasteiger partial charge is 0.310 e. The van der Waals surface area contributed by atoms with Gasteiger partial charge in [0.2, 0.25) is 11.8 Å². The van der Waals surface area contributed by atoms with Crippen LogP contribution in [0.25, 0.3) is 0 Å². The van der Waals surface area contributed by atoms with Gasteiger partial charge in [-0.15, -0.1) is 24.9 Å². The van der Waals surface area contributed by atoms with Crippen LogP contribution in [0.3, 0.4) is 0 Å². The summed E-state index contributed by atoms with van der Waals surface area (Å²) in [6.07, 6.45) is 10.4. The first-order chi connectivity index (χ1) is 19.9. The van der Waals surface area contributed by atoms with Gasteiger partial charge in [0.1, 0.15) is 6.04 Å². The molecule has 2 bridgehead atoms. The number of thioether (sulfide) groups is 1. The van der Waals surface area contributed by atoms with Crippen LogP contribution in [0.4, 0.5) is 0 Å². The van der Waals surface area contributed by atoms with E-state index >= 15 is 0 Å². The van der Waals surface area contributed by atoms with E-state index in [1.807, 2.05) is 35.2 Å². The first-order valence-corrected chi connectivity index (χ1v) is 16.1. The van der Waals surface area contributed by atoms with Gasteiger partial charge in [0.15, 0.2) is 0 Å². The van der Waals surface area contributed by atoms with Gasteiger partial charge in [-0.25, -0.2) is 0 Å². The van der Waals surface area contributed by atoms with Gasteiger partial charge in [0.05, 0.1) is 35.8 Å². The van der Waals surface area contributed by atoms with Crippen molar-refractivity contribution in [3.8, 4) is 0 Å². The normalized spacial score (nSPS) is 31.5. The van der Waals surface area contributed by atoms with E-state index in [-0.39, 0.29) is 48.2 Å². The molecular weight excluding hydrogens is 536 g/mol. The van der Waals surface area contributed by atoms with E-state index in [9.17, 15) is 19.5 Å². The highest BCUT2D eigenvalue weighted by Gasteiger charge is 2.77. The number of aliphatic hydroxyl groups excluding tert-OH is 1. The van der Waals surface area contributed by atoms with Crippen LogP contribution in [0.1, 0.15) is 57.4 Å². The second kappa shape index (κ2) is 12.7. The Bertz CT molecular complexity index is 1140. The van der Waals surface area contributed by atoms with Crippen molar-refractivity contribution in [2.45, 2.75) is 86.4 Å². The molecule has 1 saturated carbocycles. The van der Waals surface area contributed by atoms with E-state index in [1.54, 1.807) is 28.8 Å². The molecule has 3 aliphatic heterocycles. The first-order valence-electron chi connectivity index (χ1n) is 15.2. The van der Waals surface area contributed by atoms with Crippen LogP contribution in [0.2, 0.25) is 0 Å². The van der Waals surface area contributed by atoms with Crippen LogP contribution in [0.15, 0.2) is 55.6 Å². The highest BCUT2D eigenvalue weighted by molar-refractivity contribution is 8.02. The summed E-state index contributed by atoms with van der Waals surface area (Å²) < 4.78 is 4.90. The van der Waals surface area contributed by atoms with E-state index in [2.05, 4.69) is 20.1 Å². The average Bonchev–Trinajstić information content (AvgIpc) is 3.59. The molecule has 3 saturated heterocycles. The summed E-state index contributed by atoms with van der Waals surface area (Å²) in [6.45, 7) is 10.2. The Morgan fingerprint density at radius 1 is 1.20 bits per heavy atom. The molecule has 3 heterocycles. The number of fused-ring (bicyclic) bond motifs is 1. The Labute approximate surface area is 248 Å². The molecule has 4 aliphatic rings. The van der Waals surface area contributed by atoms with Crippen LogP contribution < -0.4 is 0 Å². The molecule has 4 fully saturated rings. The molecule has 7 nitrogen and oxygen atoms in total. The van der Waals surface area contributed by atoms with Crippen molar-refractivity contribution in [2.24, 2.45) is 17.8 Å². The quantitative estimate of drug-likeness (QED) is 0.224. The summed E-state index contributed by atoms with van der Waals surface area (Å²) in [5, 5.41) is 10.7. The maximum atomic E-state index is 14.9. The number of aliphatic hydroxyl groups is 1. The maximum Gasteiger partial charge on any atom is 0.310 e. The lowest BCUT2D eigenvalue weighted by atomic mass is 9.66. The first kappa shape index (κ1) is 29.9. The van der Waals surface area contributed by atoms with E-state index in [1.165, 1.54) is 6.42 Å². The number of hydrogen-bond acceptors (Lipinski definition) is 6. The molecule has 1 aliphatic carbocycles. The van der Waals surface area contributed by atoms with Crippen LogP contribution in [-0.2, 0) is 25.5 Å². The summed E-state index contributed by atoms with van der Waals surface area (Å²) >= 11 is 1.66. The number of ether oxygens (including phenoxy) is 1. The van der Waals surface area contributed by atoms with Crippen molar-refractivity contribution in [1.82, 2.24) is 9.80 Å². The predicted octanol–water partition coefficient (Wildman–Crippen LogP) is 4.39. The lowest BCUT2D eigenvalue weighted by Crippen LogP contribution is -2.61. The Morgan fingerprint density at radius 2 is 1.93 bits per heavy atom. The number of likely N-dealkylation sites (tertiary alicyclic amines) is 1. The summed E-state index contributed by atoms with van der Waals surface area (Å²) in [5.41, 5.74) is 0.987. The molecule has 1 aromatic rings. The van der Waals surface area contributed by atoms with Gasteiger partial charge in [-0.2, -0.15) is 0 Å². The maximum absolute atomic E-state index is 14.9. The monoisotopic (exact) mass is 580 g/mol. The van der Waals surface area contributed by atoms with Crippen molar-refractivity contribution in [1.29, 1.82) is 0 Å². The van der Waals surface area contributed by atoms with Gasteiger partial charge in [0.25, 0.3) is 0 Å². The molecule has 1 aromatic carbocycles. The number of hydrogen-bond donors (Lipinski definition) is 1. The third-order valence-electron chi connectivity index (χ3n) is 9.80. The molecular formula is C33H44N2O5S. The van der Waals surface area contributed by atoms with Gasteiger partial charge in [-0.3, -0.25) is 14.4 Å². The Balaban J connectivity index is 1.57. The highest BCUT2D eigenvalue weighted by Crippen LogP contribution is 2.69. The van der Waals surface area contributed by atoms with Gasteiger partial charge >= 0.3 is 5.97 Å². The Kier molecular flexibility index (Phi) is 9.29. The highest BCUT2D eigenvalue weighted by atomic mass is 32.2. The Morgan fingerprint density at radius 3 is 2.59 bits per heavy atom. The van der Waals surface area contributed by atoms with Gasteiger partial charge in [-0.05, 0) is 43.6 Å². The van der Waals surface area contributed by atoms with E-state index < -0.39 is 28.7 Å². The van der Waals surface area contributed by atoms with Crippen LogP contribution in [-0.4, -0.2) is 80.6 Å². The molecule has 7 atom stereocenters. The fourth-order valence-corrected chi connectivity index (χ4v) is 10.4. The van der Waals surface area contributed by atoms with Crippen molar-refractivity contribution >= 4 is 29.5 Å². The molecule has 0 aromatic heterocycles. The summed E-state index contributed by atoms with van der Waals surface area (Å²) in [4.78, 5) is 46.6. The topological polar surface area (TPSA) is 87.1 Å². The third kappa shape index (κ3) is 5.27. The molecule has 3 unspecified atom stereocenters. The van der Waals surface area contributed by atoms with Crippen molar-refractivity contribution in [2.75, 3.05) is 19.8 Å².